The first-order valence-electron chi connectivity index (χ1n) is 6.29. The number of H-pyrrole nitrogens is 1. The molecule has 3 N–H and O–H groups in total. The number of hydrogen-bond donors (Lipinski definition) is 3. The molecular formula is C12H22N4O2. The topological polar surface area (TPSA) is 79.0 Å². The molecule has 18 heavy (non-hydrogen) atoms. The SMILES string of the molecule is CNC(=O)CNCCCCOCCc1cnc[nH]1. The molecule has 1 amide bonds. The summed E-state index contributed by atoms with van der Waals surface area (Å²) in [5.74, 6) is 0.0193. The lowest BCUT2D eigenvalue weighted by Crippen LogP contribution is -2.31. The standard InChI is InChI=1S/C12H22N4O2/c1-13-12(17)9-14-5-2-3-6-18-7-4-11-8-15-10-16-11/h8,10,14H,2-7,9H2,1H3,(H,13,17)(H,15,16). The van der Waals surface area contributed by atoms with E-state index in [1.165, 1.54) is 0 Å². The molecule has 0 bridgehead atoms. The molecular weight excluding hydrogens is 232 g/mol. The van der Waals surface area contributed by atoms with Crippen molar-refractivity contribution in [2.75, 3.05) is 33.4 Å². The number of likely N-dealkylation sites (N-methyl/N-ethyl adjacent to an activating group) is 1. The summed E-state index contributed by atoms with van der Waals surface area (Å²) in [6.45, 7) is 2.71. The van der Waals surface area contributed by atoms with Gasteiger partial charge in [0, 0.05) is 32.0 Å². The summed E-state index contributed by atoms with van der Waals surface area (Å²) in [6.07, 6.45) is 6.37. The van der Waals surface area contributed by atoms with Crippen molar-refractivity contribution in [2.45, 2.75) is 19.3 Å². The Morgan fingerprint density at radius 3 is 3.06 bits per heavy atom. The van der Waals surface area contributed by atoms with E-state index in [0.29, 0.717) is 13.2 Å². The molecule has 6 nitrogen and oxygen atoms in total. The molecule has 1 heterocycles. The Morgan fingerprint density at radius 2 is 2.33 bits per heavy atom. The Balaban J connectivity index is 1.80. The predicted octanol–water partition coefficient (Wildman–Crippen LogP) is 0.0846. The number of rotatable bonds is 10. The normalized spacial score (nSPS) is 10.5. The van der Waals surface area contributed by atoms with Crippen LogP contribution in [0.1, 0.15) is 18.5 Å². The van der Waals surface area contributed by atoms with Crippen LogP contribution in [0.25, 0.3) is 0 Å². The van der Waals surface area contributed by atoms with Crippen molar-refractivity contribution in [2.24, 2.45) is 0 Å². The second kappa shape index (κ2) is 9.61. The lowest BCUT2D eigenvalue weighted by Gasteiger charge is -2.05. The smallest absolute Gasteiger partial charge is 0.233 e. The van der Waals surface area contributed by atoms with Crippen LogP contribution in [0, 0.1) is 0 Å². The fraction of sp³-hybridized carbons (Fsp3) is 0.667. The van der Waals surface area contributed by atoms with Crippen LogP contribution in [-0.2, 0) is 16.0 Å². The van der Waals surface area contributed by atoms with E-state index < -0.39 is 0 Å². The van der Waals surface area contributed by atoms with Gasteiger partial charge in [0.1, 0.15) is 0 Å². The van der Waals surface area contributed by atoms with E-state index in [9.17, 15) is 4.79 Å². The molecule has 0 unspecified atom stereocenters. The maximum atomic E-state index is 10.9. The molecule has 1 aromatic rings. The number of unbranched alkanes of at least 4 members (excludes halogenated alkanes) is 1. The molecule has 0 spiro atoms. The molecule has 0 aliphatic rings. The Bertz CT molecular complexity index is 314. The van der Waals surface area contributed by atoms with E-state index in [1.807, 2.05) is 6.20 Å². The summed E-state index contributed by atoms with van der Waals surface area (Å²) < 4.78 is 5.50. The predicted molar refractivity (Wildman–Crippen MR) is 69.3 cm³/mol. The van der Waals surface area contributed by atoms with Gasteiger partial charge in [0.25, 0.3) is 0 Å². The summed E-state index contributed by atoms with van der Waals surface area (Å²) in [5, 5.41) is 5.63. The number of imidazole rings is 1. The summed E-state index contributed by atoms with van der Waals surface area (Å²) in [6, 6.07) is 0. The highest BCUT2D eigenvalue weighted by Gasteiger charge is 1.96. The number of nitrogens with one attached hydrogen (secondary N) is 3. The quantitative estimate of drug-likeness (QED) is 0.517. The molecule has 1 rings (SSSR count). The summed E-state index contributed by atoms with van der Waals surface area (Å²) in [7, 11) is 1.64. The number of aromatic nitrogens is 2. The zero-order chi connectivity index (χ0) is 13.1. The number of nitrogens with zero attached hydrogens (tertiary/aromatic N) is 1. The van der Waals surface area contributed by atoms with E-state index in [1.54, 1.807) is 13.4 Å². The molecule has 0 saturated carbocycles. The number of aromatic amines is 1. The van der Waals surface area contributed by atoms with Crippen LogP contribution >= 0.6 is 0 Å². The number of carbonyl (C=O) groups is 1. The number of ether oxygens (including phenoxy) is 1. The number of amides is 1. The van der Waals surface area contributed by atoms with Gasteiger partial charge in [0.2, 0.25) is 5.91 Å². The minimum absolute atomic E-state index is 0.0193. The first-order chi connectivity index (χ1) is 8.83. The first-order valence-corrected chi connectivity index (χ1v) is 6.29. The molecule has 0 atom stereocenters. The van der Waals surface area contributed by atoms with Gasteiger partial charge >= 0.3 is 0 Å². The molecule has 1 aromatic heterocycles. The van der Waals surface area contributed by atoms with E-state index in [4.69, 9.17) is 4.74 Å². The summed E-state index contributed by atoms with van der Waals surface area (Å²) >= 11 is 0. The van der Waals surface area contributed by atoms with E-state index in [-0.39, 0.29) is 5.91 Å². The second-order valence-electron chi connectivity index (χ2n) is 4.00. The van der Waals surface area contributed by atoms with Crippen LogP contribution in [0.2, 0.25) is 0 Å². The molecule has 0 radical (unpaired) electrons. The highest BCUT2D eigenvalue weighted by atomic mass is 16.5. The van der Waals surface area contributed by atoms with Crippen LogP contribution in [0.4, 0.5) is 0 Å². The first kappa shape index (κ1) is 14.7. The van der Waals surface area contributed by atoms with Crippen molar-refractivity contribution < 1.29 is 9.53 Å². The van der Waals surface area contributed by atoms with Crippen molar-refractivity contribution in [3.63, 3.8) is 0 Å². The Morgan fingerprint density at radius 1 is 1.44 bits per heavy atom. The minimum atomic E-state index is 0.0193. The fourth-order valence-corrected chi connectivity index (χ4v) is 1.45. The third kappa shape index (κ3) is 7.03. The Labute approximate surface area is 108 Å². The van der Waals surface area contributed by atoms with Crippen LogP contribution in [0.5, 0.6) is 0 Å². The lowest BCUT2D eigenvalue weighted by molar-refractivity contribution is -0.119. The van der Waals surface area contributed by atoms with Crippen LogP contribution in [0.15, 0.2) is 12.5 Å². The highest BCUT2D eigenvalue weighted by Crippen LogP contribution is 1.94. The van der Waals surface area contributed by atoms with E-state index >= 15 is 0 Å². The van der Waals surface area contributed by atoms with Gasteiger partial charge in [-0.3, -0.25) is 4.79 Å². The van der Waals surface area contributed by atoms with Crippen LogP contribution in [-0.4, -0.2) is 49.2 Å². The van der Waals surface area contributed by atoms with Crippen LogP contribution < -0.4 is 10.6 Å². The minimum Gasteiger partial charge on any atom is -0.381 e. The van der Waals surface area contributed by atoms with Gasteiger partial charge in [-0.05, 0) is 19.4 Å². The molecule has 6 heteroatoms. The fourth-order valence-electron chi connectivity index (χ4n) is 1.45. The van der Waals surface area contributed by atoms with Crippen molar-refractivity contribution in [3.05, 3.63) is 18.2 Å². The van der Waals surface area contributed by atoms with Crippen molar-refractivity contribution in [3.8, 4) is 0 Å². The van der Waals surface area contributed by atoms with Gasteiger partial charge < -0.3 is 20.4 Å². The molecule has 0 saturated heterocycles. The van der Waals surface area contributed by atoms with E-state index in [2.05, 4.69) is 20.6 Å². The number of hydrogen-bond acceptors (Lipinski definition) is 4. The Kier molecular flexibility index (Phi) is 7.83. The van der Waals surface area contributed by atoms with Gasteiger partial charge in [-0.25, -0.2) is 4.98 Å². The largest absolute Gasteiger partial charge is 0.381 e. The molecule has 102 valence electrons. The van der Waals surface area contributed by atoms with Gasteiger partial charge in [0.05, 0.1) is 19.5 Å². The third-order valence-electron chi connectivity index (χ3n) is 2.53. The highest BCUT2D eigenvalue weighted by molar-refractivity contribution is 5.77. The molecule has 0 fully saturated rings. The second-order valence-corrected chi connectivity index (χ2v) is 4.00. The summed E-state index contributed by atoms with van der Waals surface area (Å²) in [5.41, 5.74) is 1.10. The van der Waals surface area contributed by atoms with Crippen molar-refractivity contribution in [1.29, 1.82) is 0 Å². The molecule has 0 aromatic carbocycles. The average Bonchev–Trinajstić information content (AvgIpc) is 2.89. The monoisotopic (exact) mass is 254 g/mol. The zero-order valence-corrected chi connectivity index (χ0v) is 10.9. The molecule has 0 aliphatic heterocycles. The van der Waals surface area contributed by atoms with Gasteiger partial charge in [-0.2, -0.15) is 0 Å². The average molecular weight is 254 g/mol. The maximum absolute atomic E-state index is 10.9. The lowest BCUT2D eigenvalue weighted by atomic mass is 10.3. The van der Waals surface area contributed by atoms with Crippen LogP contribution in [0.3, 0.4) is 0 Å². The number of carbonyl (C=O) groups excluding carboxylic acids is 1. The van der Waals surface area contributed by atoms with Crippen molar-refractivity contribution in [1.82, 2.24) is 20.6 Å². The van der Waals surface area contributed by atoms with Crippen molar-refractivity contribution >= 4 is 5.91 Å². The van der Waals surface area contributed by atoms with Gasteiger partial charge in [0.15, 0.2) is 0 Å². The summed E-state index contributed by atoms with van der Waals surface area (Å²) in [4.78, 5) is 17.9. The molecule has 0 aliphatic carbocycles. The van der Waals surface area contributed by atoms with E-state index in [0.717, 1.165) is 38.1 Å². The Hall–Kier alpha value is -1.40. The maximum Gasteiger partial charge on any atom is 0.233 e. The van der Waals surface area contributed by atoms with Gasteiger partial charge in [-0.15, -0.1) is 0 Å². The third-order valence-corrected chi connectivity index (χ3v) is 2.53. The zero-order valence-electron chi connectivity index (χ0n) is 10.9. The van der Waals surface area contributed by atoms with Gasteiger partial charge in [-0.1, -0.05) is 0 Å².